The molecule has 1 saturated heterocycles. The van der Waals surface area contributed by atoms with Gasteiger partial charge in [-0.1, -0.05) is 36.4 Å². The van der Waals surface area contributed by atoms with Gasteiger partial charge in [-0.05, 0) is 47.5 Å². The lowest BCUT2D eigenvalue weighted by atomic mass is 10.0. The molecule has 0 atom stereocenters. The smallest absolute Gasteiger partial charge is 0.132 e. The van der Waals surface area contributed by atoms with Crippen LogP contribution in [0.5, 0.6) is 5.75 Å². The van der Waals surface area contributed by atoms with Crippen molar-refractivity contribution in [3.63, 3.8) is 0 Å². The number of aromatic nitrogens is 2. The van der Waals surface area contributed by atoms with Gasteiger partial charge in [0.05, 0.1) is 37.9 Å². The van der Waals surface area contributed by atoms with E-state index in [-0.39, 0.29) is 5.82 Å². The average Bonchev–Trinajstić information content (AvgIpc) is 3.28. The van der Waals surface area contributed by atoms with E-state index in [1.807, 2.05) is 59.4 Å². The lowest BCUT2D eigenvalue weighted by Crippen LogP contribution is -2.35. The van der Waals surface area contributed by atoms with Crippen molar-refractivity contribution in [2.24, 2.45) is 0 Å². The maximum atomic E-state index is 14.9. The number of morpholine rings is 1. The SMILES string of the molecule is COc1ccc(-c2ccc(-n3ncc(CN4CCOCC4)c3-c3ccccc3F)cc2)cc1. The number of halogens is 1. The van der Waals surface area contributed by atoms with Crippen molar-refractivity contribution in [1.82, 2.24) is 14.7 Å². The molecular formula is C27H26FN3O2. The normalized spacial score (nSPS) is 14.4. The van der Waals surface area contributed by atoms with Gasteiger partial charge in [-0.25, -0.2) is 9.07 Å². The van der Waals surface area contributed by atoms with Gasteiger partial charge in [-0.2, -0.15) is 5.10 Å². The van der Waals surface area contributed by atoms with Gasteiger partial charge in [0.15, 0.2) is 0 Å². The first-order valence-electron chi connectivity index (χ1n) is 11.1. The van der Waals surface area contributed by atoms with Crippen molar-refractivity contribution in [3.05, 3.63) is 90.4 Å². The molecule has 1 aliphatic rings. The lowest BCUT2D eigenvalue weighted by Gasteiger charge is -2.26. The fourth-order valence-corrected chi connectivity index (χ4v) is 4.21. The third kappa shape index (κ3) is 4.53. The summed E-state index contributed by atoms with van der Waals surface area (Å²) >= 11 is 0. The second kappa shape index (κ2) is 9.57. The molecule has 3 aromatic carbocycles. The first kappa shape index (κ1) is 21.4. The standard InChI is InChI=1S/C27H26FN3O2/c1-32-24-12-8-21(9-13-24)20-6-10-23(11-7-20)31-27(25-4-2-3-5-26(25)28)22(18-29-31)19-30-14-16-33-17-15-30/h2-13,18H,14-17,19H2,1H3. The van der Waals surface area contributed by atoms with Crippen LogP contribution in [0.3, 0.4) is 0 Å². The van der Waals surface area contributed by atoms with E-state index in [1.54, 1.807) is 13.2 Å². The van der Waals surface area contributed by atoms with Gasteiger partial charge in [-0.15, -0.1) is 0 Å². The highest BCUT2D eigenvalue weighted by atomic mass is 19.1. The van der Waals surface area contributed by atoms with E-state index in [1.165, 1.54) is 6.07 Å². The van der Waals surface area contributed by atoms with Crippen molar-refractivity contribution in [2.75, 3.05) is 33.4 Å². The average molecular weight is 444 g/mol. The minimum absolute atomic E-state index is 0.252. The number of nitrogens with zero attached hydrogens (tertiary/aromatic N) is 3. The third-order valence-electron chi connectivity index (χ3n) is 6.01. The second-order valence-electron chi connectivity index (χ2n) is 8.07. The first-order valence-corrected chi connectivity index (χ1v) is 11.1. The quantitative estimate of drug-likeness (QED) is 0.411. The maximum absolute atomic E-state index is 14.9. The largest absolute Gasteiger partial charge is 0.497 e. The molecule has 33 heavy (non-hydrogen) atoms. The van der Waals surface area contributed by atoms with Crippen LogP contribution in [0, 0.1) is 5.82 Å². The summed E-state index contributed by atoms with van der Waals surface area (Å²) in [6, 6.07) is 23.0. The van der Waals surface area contributed by atoms with Crippen molar-refractivity contribution < 1.29 is 13.9 Å². The Hall–Kier alpha value is -3.48. The Bertz CT molecular complexity index is 1210. The van der Waals surface area contributed by atoms with Crippen molar-refractivity contribution in [2.45, 2.75) is 6.54 Å². The molecule has 1 aliphatic heterocycles. The summed E-state index contributed by atoms with van der Waals surface area (Å²) < 4.78 is 27.4. The number of ether oxygens (including phenoxy) is 2. The van der Waals surface area contributed by atoms with Crippen molar-refractivity contribution in [1.29, 1.82) is 0 Å². The van der Waals surface area contributed by atoms with Crippen LogP contribution in [-0.2, 0) is 11.3 Å². The van der Waals surface area contributed by atoms with Crippen LogP contribution in [0.4, 0.5) is 4.39 Å². The molecule has 0 radical (unpaired) electrons. The van der Waals surface area contributed by atoms with Crippen LogP contribution < -0.4 is 4.74 Å². The predicted octanol–water partition coefficient (Wildman–Crippen LogP) is 5.19. The summed E-state index contributed by atoms with van der Waals surface area (Å²) in [5, 5.41) is 4.67. The van der Waals surface area contributed by atoms with Crippen molar-refractivity contribution >= 4 is 0 Å². The highest BCUT2D eigenvalue weighted by molar-refractivity contribution is 5.69. The molecular weight excluding hydrogens is 417 g/mol. The van der Waals surface area contributed by atoms with Gasteiger partial charge in [0, 0.05) is 30.8 Å². The molecule has 4 aromatic rings. The van der Waals surface area contributed by atoms with Crippen LogP contribution in [0.1, 0.15) is 5.56 Å². The zero-order valence-corrected chi connectivity index (χ0v) is 18.6. The molecule has 0 spiro atoms. The molecule has 1 fully saturated rings. The number of hydrogen-bond acceptors (Lipinski definition) is 4. The second-order valence-corrected chi connectivity index (χ2v) is 8.07. The fourth-order valence-electron chi connectivity index (χ4n) is 4.21. The first-order chi connectivity index (χ1) is 16.2. The Balaban J connectivity index is 1.51. The Kier molecular flexibility index (Phi) is 6.19. The molecule has 168 valence electrons. The van der Waals surface area contributed by atoms with Crippen LogP contribution in [0.15, 0.2) is 79.0 Å². The van der Waals surface area contributed by atoms with Crippen LogP contribution >= 0.6 is 0 Å². The van der Waals surface area contributed by atoms with Crippen LogP contribution in [0.25, 0.3) is 28.1 Å². The molecule has 0 amide bonds. The molecule has 0 unspecified atom stereocenters. The van der Waals surface area contributed by atoms with Crippen molar-refractivity contribution in [3.8, 4) is 33.8 Å². The molecule has 0 aliphatic carbocycles. The summed E-state index contributed by atoms with van der Waals surface area (Å²) in [6.07, 6.45) is 1.86. The topological polar surface area (TPSA) is 39.5 Å². The molecule has 0 bridgehead atoms. The summed E-state index contributed by atoms with van der Waals surface area (Å²) in [5.41, 5.74) is 5.42. The third-order valence-corrected chi connectivity index (χ3v) is 6.01. The van der Waals surface area contributed by atoms with Crippen LogP contribution in [-0.4, -0.2) is 48.1 Å². The van der Waals surface area contributed by atoms with Gasteiger partial charge < -0.3 is 9.47 Å². The van der Waals surface area contributed by atoms with Gasteiger partial charge in [0.1, 0.15) is 11.6 Å². The number of rotatable bonds is 6. The van der Waals surface area contributed by atoms with E-state index >= 15 is 0 Å². The number of benzene rings is 3. The minimum Gasteiger partial charge on any atom is -0.497 e. The molecule has 1 aromatic heterocycles. The Morgan fingerprint density at radius 1 is 0.909 bits per heavy atom. The lowest BCUT2D eigenvalue weighted by molar-refractivity contribution is 0.0342. The van der Waals surface area contributed by atoms with E-state index in [0.717, 1.165) is 60.1 Å². The van der Waals surface area contributed by atoms with Gasteiger partial charge in [0.25, 0.3) is 0 Å². The summed E-state index contributed by atoms with van der Waals surface area (Å²) in [6.45, 7) is 3.86. The Labute approximate surface area is 193 Å². The van der Waals surface area contributed by atoms with Gasteiger partial charge >= 0.3 is 0 Å². The zero-order chi connectivity index (χ0) is 22.6. The molecule has 6 heteroatoms. The number of hydrogen-bond donors (Lipinski definition) is 0. The monoisotopic (exact) mass is 443 g/mol. The maximum Gasteiger partial charge on any atom is 0.132 e. The summed E-state index contributed by atoms with van der Waals surface area (Å²) in [5.74, 6) is 0.576. The van der Waals surface area contributed by atoms with E-state index in [0.29, 0.717) is 12.1 Å². The highest BCUT2D eigenvalue weighted by Gasteiger charge is 2.20. The molecule has 0 saturated carbocycles. The highest BCUT2D eigenvalue weighted by Crippen LogP contribution is 2.31. The predicted molar refractivity (Wildman–Crippen MR) is 127 cm³/mol. The molecule has 0 N–H and O–H groups in total. The molecule has 2 heterocycles. The van der Waals surface area contributed by atoms with Crippen LogP contribution in [0.2, 0.25) is 0 Å². The minimum atomic E-state index is -0.252. The van der Waals surface area contributed by atoms with E-state index < -0.39 is 0 Å². The van der Waals surface area contributed by atoms with E-state index in [4.69, 9.17) is 9.47 Å². The Morgan fingerprint density at radius 2 is 1.58 bits per heavy atom. The zero-order valence-electron chi connectivity index (χ0n) is 18.6. The van der Waals surface area contributed by atoms with E-state index in [9.17, 15) is 4.39 Å². The molecule has 5 rings (SSSR count). The van der Waals surface area contributed by atoms with Gasteiger partial charge in [0.2, 0.25) is 0 Å². The fraction of sp³-hybridized carbons (Fsp3) is 0.222. The van der Waals surface area contributed by atoms with E-state index in [2.05, 4.69) is 22.1 Å². The number of methoxy groups -OCH3 is 1. The Morgan fingerprint density at radius 3 is 2.24 bits per heavy atom. The molecule has 5 nitrogen and oxygen atoms in total. The van der Waals surface area contributed by atoms with Gasteiger partial charge in [-0.3, -0.25) is 4.90 Å². The summed E-state index contributed by atoms with van der Waals surface area (Å²) in [7, 11) is 1.66. The summed E-state index contributed by atoms with van der Waals surface area (Å²) in [4.78, 5) is 2.32.